The highest BCUT2D eigenvalue weighted by Crippen LogP contribution is 2.39. The summed E-state index contributed by atoms with van der Waals surface area (Å²) in [4.78, 5) is 11.3. The van der Waals surface area contributed by atoms with Crippen molar-refractivity contribution in [2.24, 2.45) is 0 Å². The summed E-state index contributed by atoms with van der Waals surface area (Å²) in [5.41, 5.74) is 2.67. The molecule has 2 fully saturated rings. The molecule has 4 heterocycles. The lowest BCUT2D eigenvalue weighted by Gasteiger charge is -2.46. The minimum atomic E-state index is -0.520. The Hall–Kier alpha value is -3.56. The number of hydrogen-bond donors (Lipinski definition) is 1. The first kappa shape index (κ1) is 19.1. The SMILES string of the molecule is C#Cc1c(F)ccc2cccc(-c3ncc4c(N5C[C@H]6NCC[C@H]65)cc(C)nc4c3F)c12. The van der Waals surface area contributed by atoms with Gasteiger partial charge in [0.15, 0.2) is 5.82 Å². The van der Waals surface area contributed by atoms with Gasteiger partial charge in [-0.15, -0.1) is 6.42 Å². The summed E-state index contributed by atoms with van der Waals surface area (Å²) in [7, 11) is 0. The van der Waals surface area contributed by atoms with Gasteiger partial charge < -0.3 is 10.2 Å². The number of fused-ring (bicyclic) bond motifs is 3. The molecule has 2 aliphatic rings. The molecule has 0 radical (unpaired) electrons. The number of anilines is 1. The molecule has 0 spiro atoms. The lowest BCUT2D eigenvalue weighted by Crippen LogP contribution is -2.61. The Morgan fingerprint density at radius 3 is 2.91 bits per heavy atom. The van der Waals surface area contributed by atoms with Crippen LogP contribution in [0.4, 0.5) is 14.5 Å². The van der Waals surface area contributed by atoms with Crippen LogP contribution in [0, 0.1) is 30.9 Å². The normalized spacial score (nSPS) is 19.8. The Morgan fingerprint density at radius 1 is 1.22 bits per heavy atom. The third kappa shape index (κ3) is 2.64. The second-order valence-corrected chi connectivity index (χ2v) is 8.51. The molecule has 0 saturated carbocycles. The zero-order chi connectivity index (χ0) is 22.0. The van der Waals surface area contributed by atoms with Gasteiger partial charge in [-0.2, -0.15) is 0 Å². The van der Waals surface area contributed by atoms with Crippen LogP contribution in [0.15, 0.2) is 42.6 Å². The third-order valence-electron chi connectivity index (χ3n) is 6.71. The Balaban J connectivity index is 1.58. The highest BCUT2D eigenvalue weighted by molar-refractivity contribution is 6.02. The van der Waals surface area contributed by atoms with Crippen LogP contribution in [0.25, 0.3) is 32.9 Å². The number of nitrogens with one attached hydrogen (secondary N) is 1. The Morgan fingerprint density at radius 2 is 2.09 bits per heavy atom. The van der Waals surface area contributed by atoms with Gasteiger partial charge in [0.1, 0.15) is 17.0 Å². The van der Waals surface area contributed by atoms with Gasteiger partial charge in [-0.25, -0.2) is 13.8 Å². The first-order valence-corrected chi connectivity index (χ1v) is 10.7. The Kier molecular flexibility index (Phi) is 4.17. The number of halogens is 2. The number of terminal acetylenes is 1. The van der Waals surface area contributed by atoms with E-state index in [2.05, 4.69) is 26.1 Å². The van der Waals surface area contributed by atoms with E-state index in [1.54, 1.807) is 24.4 Å². The molecule has 158 valence electrons. The van der Waals surface area contributed by atoms with Gasteiger partial charge in [0, 0.05) is 52.5 Å². The molecule has 0 unspecified atom stereocenters. The number of hydrogen-bond acceptors (Lipinski definition) is 4. The molecule has 4 nitrogen and oxygen atoms in total. The van der Waals surface area contributed by atoms with Crippen molar-refractivity contribution in [2.45, 2.75) is 25.4 Å². The van der Waals surface area contributed by atoms with Crippen molar-refractivity contribution in [3.8, 4) is 23.6 Å². The predicted octanol–water partition coefficient (Wildman–Crippen LogP) is 4.57. The predicted molar refractivity (Wildman–Crippen MR) is 123 cm³/mol. The van der Waals surface area contributed by atoms with Gasteiger partial charge in [0.25, 0.3) is 0 Å². The molecule has 0 aliphatic carbocycles. The van der Waals surface area contributed by atoms with Crippen molar-refractivity contribution in [1.29, 1.82) is 0 Å². The summed E-state index contributed by atoms with van der Waals surface area (Å²) < 4.78 is 30.4. The second kappa shape index (κ2) is 6.98. The summed E-state index contributed by atoms with van der Waals surface area (Å²) in [6, 6.07) is 11.2. The summed E-state index contributed by atoms with van der Waals surface area (Å²) >= 11 is 0. The minimum Gasteiger partial charge on any atom is -0.365 e. The maximum atomic E-state index is 15.9. The number of nitrogens with zero attached hydrogens (tertiary/aromatic N) is 3. The van der Waals surface area contributed by atoms with Gasteiger partial charge in [0.2, 0.25) is 0 Å². The number of aryl methyl sites for hydroxylation is 1. The quantitative estimate of drug-likeness (QED) is 0.477. The number of rotatable bonds is 2. The van der Waals surface area contributed by atoms with Gasteiger partial charge in [0.05, 0.1) is 5.56 Å². The largest absolute Gasteiger partial charge is 0.365 e. The molecule has 32 heavy (non-hydrogen) atoms. The van der Waals surface area contributed by atoms with Crippen LogP contribution in [0.1, 0.15) is 17.7 Å². The summed E-state index contributed by atoms with van der Waals surface area (Å²) in [5.74, 6) is 1.39. The monoisotopic (exact) mass is 426 g/mol. The van der Waals surface area contributed by atoms with Crippen LogP contribution in [0.5, 0.6) is 0 Å². The molecule has 2 saturated heterocycles. The van der Waals surface area contributed by atoms with Crippen LogP contribution < -0.4 is 10.2 Å². The molecule has 1 N–H and O–H groups in total. The second-order valence-electron chi connectivity index (χ2n) is 8.51. The third-order valence-corrected chi connectivity index (χ3v) is 6.71. The molecule has 0 bridgehead atoms. The Bertz CT molecular complexity index is 1460. The van der Waals surface area contributed by atoms with Crippen molar-refractivity contribution >= 4 is 27.4 Å². The summed E-state index contributed by atoms with van der Waals surface area (Å²) in [6.07, 6.45) is 8.35. The smallest absolute Gasteiger partial charge is 0.175 e. The van der Waals surface area contributed by atoms with Gasteiger partial charge >= 0.3 is 0 Å². The highest BCUT2D eigenvalue weighted by Gasteiger charge is 2.42. The van der Waals surface area contributed by atoms with E-state index in [0.717, 1.165) is 36.3 Å². The highest BCUT2D eigenvalue weighted by atomic mass is 19.1. The minimum absolute atomic E-state index is 0.109. The molecule has 4 aromatic rings. The first-order chi connectivity index (χ1) is 15.6. The molecule has 0 amide bonds. The summed E-state index contributed by atoms with van der Waals surface area (Å²) in [6.45, 7) is 3.76. The molecular formula is C26H20F2N4. The molecule has 6 rings (SSSR count). The fraction of sp³-hybridized carbons (Fsp3) is 0.231. The van der Waals surface area contributed by atoms with Gasteiger partial charge in [-0.3, -0.25) is 4.98 Å². The van der Waals surface area contributed by atoms with E-state index in [1.807, 2.05) is 19.1 Å². The molecule has 2 atom stereocenters. The zero-order valence-electron chi connectivity index (χ0n) is 17.5. The van der Waals surface area contributed by atoms with Crippen LogP contribution in [0.2, 0.25) is 0 Å². The molecule has 2 aromatic carbocycles. The van der Waals surface area contributed by atoms with E-state index < -0.39 is 11.6 Å². The number of benzene rings is 2. The Labute approximate surface area is 184 Å². The molecule has 2 aromatic heterocycles. The van der Waals surface area contributed by atoms with Gasteiger partial charge in [-0.05, 0) is 37.4 Å². The van der Waals surface area contributed by atoms with Gasteiger partial charge in [-0.1, -0.05) is 30.2 Å². The fourth-order valence-electron chi connectivity index (χ4n) is 5.18. The lowest BCUT2D eigenvalue weighted by atomic mass is 9.94. The van der Waals surface area contributed by atoms with Crippen molar-refractivity contribution in [3.63, 3.8) is 0 Å². The number of pyridine rings is 2. The molecular weight excluding hydrogens is 406 g/mol. The van der Waals surface area contributed by atoms with E-state index >= 15 is 4.39 Å². The maximum Gasteiger partial charge on any atom is 0.175 e. The zero-order valence-corrected chi connectivity index (χ0v) is 17.5. The van der Waals surface area contributed by atoms with E-state index in [0.29, 0.717) is 28.4 Å². The first-order valence-electron chi connectivity index (χ1n) is 10.7. The van der Waals surface area contributed by atoms with Crippen molar-refractivity contribution in [1.82, 2.24) is 15.3 Å². The van der Waals surface area contributed by atoms with Crippen LogP contribution in [0.3, 0.4) is 0 Å². The lowest BCUT2D eigenvalue weighted by molar-refractivity contribution is 0.397. The van der Waals surface area contributed by atoms with Crippen LogP contribution in [-0.4, -0.2) is 35.1 Å². The topological polar surface area (TPSA) is 41.1 Å². The fourth-order valence-corrected chi connectivity index (χ4v) is 5.18. The standard InChI is InChI=1S/C26H20F2N4/c1-3-16-19(27)8-7-15-5-4-6-17(23(15)16)25-24(28)26-18(12-30-25)22(11-14(2)31-26)32-13-20-21(32)9-10-29-20/h1,4-8,11-12,20-21,29H,9-10,13H2,2H3/t20-,21-/m1/s1. The summed E-state index contributed by atoms with van der Waals surface area (Å²) in [5, 5.41) is 5.40. The average Bonchev–Trinajstić information content (AvgIpc) is 3.14. The molecule has 2 aliphatic heterocycles. The van der Waals surface area contributed by atoms with Crippen molar-refractivity contribution < 1.29 is 8.78 Å². The molecule has 6 heteroatoms. The maximum absolute atomic E-state index is 15.9. The van der Waals surface area contributed by atoms with Crippen LogP contribution >= 0.6 is 0 Å². The van der Waals surface area contributed by atoms with Crippen LogP contribution in [-0.2, 0) is 0 Å². The number of aromatic nitrogens is 2. The van der Waals surface area contributed by atoms with E-state index in [-0.39, 0.29) is 16.8 Å². The van der Waals surface area contributed by atoms with E-state index in [9.17, 15) is 4.39 Å². The van der Waals surface area contributed by atoms with Crippen molar-refractivity contribution in [2.75, 3.05) is 18.0 Å². The average molecular weight is 426 g/mol. The van der Waals surface area contributed by atoms with E-state index in [1.165, 1.54) is 6.07 Å². The van der Waals surface area contributed by atoms with Crippen molar-refractivity contribution in [3.05, 3.63) is 65.5 Å². The van der Waals surface area contributed by atoms with E-state index in [4.69, 9.17) is 6.42 Å².